The first-order chi connectivity index (χ1) is 14.8. The summed E-state index contributed by atoms with van der Waals surface area (Å²) < 4.78 is 7.24. The summed E-state index contributed by atoms with van der Waals surface area (Å²) in [6.45, 7) is 8.14. The number of anilines is 1. The van der Waals surface area contributed by atoms with Gasteiger partial charge in [-0.05, 0) is 69.2 Å². The molecule has 1 aromatic heterocycles. The predicted molar refractivity (Wildman–Crippen MR) is 122 cm³/mol. The molecule has 0 aliphatic carbocycles. The Kier molecular flexibility index (Phi) is 6.55. The second-order valence-electron chi connectivity index (χ2n) is 7.39. The van der Waals surface area contributed by atoms with Crippen molar-refractivity contribution in [1.82, 2.24) is 9.99 Å². The van der Waals surface area contributed by atoms with Crippen LogP contribution in [-0.4, -0.2) is 29.7 Å². The molecular weight excluding hydrogens is 392 g/mol. The Morgan fingerprint density at radius 1 is 0.968 bits per heavy atom. The number of hydrogen-bond acceptors (Lipinski definition) is 4. The van der Waals surface area contributed by atoms with Crippen molar-refractivity contribution in [2.24, 2.45) is 5.10 Å². The molecule has 3 aromatic rings. The largest absolute Gasteiger partial charge is 0.497 e. The topological polar surface area (TPSA) is 84.7 Å². The summed E-state index contributed by atoms with van der Waals surface area (Å²) in [6, 6.07) is 15.1. The third-order valence-corrected chi connectivity index (χ3v) is 4.84. The molecule has 0 fully saturated rings. The van der Waals surface area contributed by atoms with Crippen LogP contribution in [0.1, 0.15) is 28.1 Å². The number of ether oxygens (including phenoxy) is 1. The number of hydrogen-bond donors (Lipinski definition) is 2. The van der Waals surface area contributed by atoms with Gasteiger partial charge in [0.2, 0.25) is 0 Å². The van der Waals surface area contributed by atoms with Crippen LogP contribution in [0.4, 0.5) is 5.69 Å². The lowest BCUT2D eigenvalue weighted by Crippen LogP contribution is -2.32. The van der Waals surface area contributed by atoms with Gasteiger partial charge in [-0.1, -0.05) is 12.1 Å². The fraction of sp³-hybridized carbons (Fsp3) is 0.208. The second kappa shape index (κ2) is 9.30. The highest BCUT2D eigenvalue weighted by Crippen LogP contribution is 2.22. The van der Waals surface area contributed by atoms with Gasteiger partial charge in [0.15, 0.2) is 0 Å². The predicted octanol–water partition coefficient (Wildman–Crippen LogP) is 3.81. The van der Waals surface area contributed by atoms with Gasteiger partial charge in [0.25, 0.3) is 0 Å². The Balaban J connectivity index is 1.69. The van der Waals surface area contributed by atoms with Crippen LogP contribution in [0.3, 0.4) is 0 Å². The van der Waals surface area contributed by atoms with Crippen molar-refractivity contribution in [3.8, 4) is 11.4 Å². The van der Waals surface area contributed by atoms with E-state index in [9.17, 15) is 9.59 Å². The smallest absolute Gasteiger partial charge is 0.329 e. The van der Waals surface area contributed by atoms with Crippen LogP contribution in [-0.2, 0) is 9.59 Å². The third kappa shape index (κ3) is 5.19. The Labute approximate surface area is 181 Å². The van der Waals surface area contributed by atoms with Gasteiger partial charge >= 0.3 is 11.8 Å². The quantitative estimate of drug-likeness (QED) is 0.375. The maximum atomic E-state index is 12.1. The van der Waals surface area contributed by atoms with Crippen molar-refractivity contribution in [3.63, 3.8) is 0 Å². The molecule has 160 valence electrons. The van der Waals surface area contributed by atoms with E-state index in [0.29, 0.717) is 11.4 Å². The van der Waals surface area contributed by atoms with Gasteiger partial charge in [-0.2, -0.15) is 5.10 Å². The van der Waals surface area contributed by atoms with E-state index in [2.05, 4.69) is 52.5 Å². The molecule has 0 aliphatic rings. The minimum absolute atomic E-state index is 0.459. The average Bonchev–Trinajstić information content (AvgIpc) is 3.00. The number of amides is 2. The number of methoxy groups -OCH3 is 1. The molecule has 2 aromatic carbocycles. The van der Waals surface area contributed by atoms with Gasteiger partial charge in [-0.3, -0.25) is 9.59 Å². The first kappa shape index (κ1) is 21.8. The first-order valence-electron chi connectivity index (χ1n) is 9.84. The average molecular weight is 418 g/mol. The standard InChI is InChI=1S/C24H26N4O3/c1-15-9-16(2)11-21(10-15)28-17(3)12-19(18(28)4)14-25-27-24(30)23(29)26-20-7-6-8-22(13-20)31-5/h6-14H,1-5H3,(H,26,29)(H,27,30)/b25-14-. The van der Waals surface area contributed by atoms with E-state index >= 15 is 0 Å². The van der Waals surface area contributed by atoms with Crippen molar-refractivity contribution in [2.45, 2.75) is 27.7 Å². The lowest BCUT2D eigenvalue weighted by molar-refractivity contribution is -0.136. The van der Waals surface area contributed by atoms with Crippen LogP contribution in [0, 0.1) is 27.7 Å². The molecule has 7 nitrogen and oxygen atoms in total. The lowest BCUT2D eigenvalue weighted by atomic mass is 10.1. The number of carbonyl (C=O) groups excluding carboxylic acids is 2. The van der Waals surface area contributed by atoms with Crippen LogP contribution in [0.2, 0.25) is 0 Å². The van der Waals surface area contributed by atoms with E-state index in [1.807, 2.05) is 19.9 Å². The minimum Gasteiger partial charge on any atom is -0.497 e. The van der Waals surface area contributed by atoms with Crippen molar-refractivity contribution < 1.29 is 14.3 Å². The number of aromatic nitrogens is 1. The van der Waals surface area contributed by atoms with E-state index in [1.165, 1.54) is 24.5 Å². The molecular formula is C24H26N4O3. The Hall–Kier alpha value is -3.87. The van der Waals surface area contributed by atoms with E-state index in [1.54, 1.807) is 24.3 Å². The van der Waals surface area contributed by atoms with Crippen LogP contribution in [0.15, 0.2) is 53.6 Å². The fourth-order valence-corrected chi connectivity index (χ4v) is 3.50. The molecule has 2 amide bonds. The lowest BCUT2D eigenvalue weighted by Gasteiger charge is -2.11. The van der Waals surface area contributed by atoms with E-state index in [0.717, 1.165) is 22.6 Å². The maximum absolute atomic E-state index is 12.1. The Morgan fingerprint density at radius 3 is 2.35 bits per heavy atom. The van der Waals surface area contributed by atoms with Gasteiger partial charge < -0.3 is 14.6 Å². The SMILES string of the molecule is COc1cccc(NC(=O)C(=O)N/N=C\c2cc(C)n(-c3cc(C)cc(C)c3)c2C)c1. The van der Waals surface area contributed by atoms with Gasteiger partial charge in [-0.25, -0.2) is 5.43 Å². The summed E-state index contributed by atoms with van der Waals surface area (Å²) in [4.78, 5) is 24.2. The summed E-state index contributed by atoms with van der Waals surface area (Å²) in [5.41, 5.74) is 9.07. The Morgan fingerprint density at radius 2 is 1.68 bits per heavy atom. The molecule has 0 atom stereocenters. The summed E-state index contributed by atoms with van der Waals surface area (Å²) in [5.74, 6) is -1.09. The summed E-state index contributed by atoms with van der Waals surface area (Å²) >= 11 is 0. The fourth-order valence-electron chi connectivity index (χ4n) is 3.50. The van der Waals surface area contributed by atoms with Crippen molar-refractivity contribution >= 4 is 23.7 Å². The van der Waals surface area contributed by atoms with Crippen molar-refractivity contribution in [3.05, 3.63) is 76.6 Å². The zero-order chi connectivity index (χ0) is 22.5. The van der Waals surface area contributed by atoms with Gasteiger partial charge in [-0.15, -0.1) is 0 Å². The van der Waals surface area contributed by atoms with E-state index in [-0.39, 0.29) is 0 Å². The second-order valence-corrected chi connectivity index (χ2v) is 7.39. The highest BCUT2D eigenvalue weighted by atomic mass is 16.5. The highest BCUT2D eigenvalue weighted by molar-refractivity contribution is 6.39. The van der Waals surface area contributed by atoms with Crippen molar-refractivity contribution in [1.29, 1.82) is 0 Å². The number of carbonyl (C=O) groups is 2. The molecule has 0 spiro atoms. The molecule has 0 aliphatic heterocycles. The molecule has 31 heavy (non-hydrogen) atoms. The number of rotatable bonds is 5. The minimum atomic E-state index is -0.859. The molecule has 7 heteroatoms. The number of hydrazone groups is 1. The monoisotopic (exact) mass is 418 g/mol. The Bertz CT molecular complexity index is 1140. The van der Waals surface area contributed by atoms with E-state index < -0.39 is 11.8 Å². The van der Waals surface area contributed by atoms with Crippen LogP contribution in [0.5, 0.6) is 5.75 Å². The van der Waals surface area contributed by atoms with Crippen molar-refractivity contribution in [2.75, 3.05) is 12.4 Å². The van der Waals surface area contributed by atoms with Gasteiger partial charge in [0, 0.05) is 34.4 Å². The van der Waals surface area contributed by atoms with Gasteiger partial charge in [0.05, 0.1) is 13.3 Å². The summed E-state index contributed by atoms with van der Waals surface area (Å²) in [7, 11) is 1.53. The molecule has 1 heterocycles. The number of nitrogens with one attached hydrogen (secondary N) is 2. The normalized spacial score (nSPS) is 10.9. The number of aryl methyl sites for hydroxylation is 3. The number of benzene rings is 2. The van der Waals surface area contributed by atoms with Crippen LogP contribution < -0.4 is 15.5 Å². The summed E-state index contributed by atoms with van der Waals surface area (Å²) in [6.07, 6.45) is 1.54. The molecule has 0 saturated carbocycles. The zero-order valence-corrected chi connectivity index (χ0v) is 18.3. The maximum Gasteiger partial charge on any atom is 0.329 e. The molecule has 2 N–H and O–H groups in total. The highest BCUT2D eigenvalue weighted by Gasteiger charge is 2.14. The molecule has 0 saturated heterocycles. The van der Waals surface area contributed by atoms with Crippen LogP contribution in [0.25, 0.3) is 5.69 Å². The molecule has 0 radical (unpaired) electrons. The third-order valence-electron chi connectivity index (χ3n) is 4.84. The molecule has 3 rings (SSSR count). The van der Waals surface area contributed by atoms with Gasteiger partial charge in [0.1, 0.15) is 5.75 Å². The summed E-state index contributed by atoms with van der Waals surface area (Å²) in [5, 5.41) is 6.47. The molecule has 0 unspecified atom stereocenters. The first-order valence-corrected chi connectivity index (χ1v) is 9.84. The van der Waals surface area contributed by atoms with Crippen LogP contribution >= 0.6 is 0 Å². The molecule has 0 bridgehead atoms. The number of nitrogens with zero attached hydrogens (tertiary/aromatic N) is 2. The zero-order valence-electron chi connectivity index (χ0n) is 18.3. The van der Waals surface area contributed by atoms with E-state index in [4.69, 9.17) is 4.74 Å².